The topological polar surface area (TPSA) is 132 Å². The van der Waals surface area contributed by atoms with Gasteiger partial charge in [0.1, 0.15) is 22.2 Å². The molecule has 0 bridgehead atoms. The quantitative estimate of drug-likeness (QED) is 0.127. The lowest BCUT2D eigenvalue weighted by molar-refractivity contribution is 0.0599. The monoisotopic (exact) mass is 537 g/mol. The third kappa shape index (κ3) is 4.99. The van der Waals surface area contributed by atoms with Crippen LogP contribution in [0, 0.1) is 11.3 Å². The van der Waals surface area contributed by atoms with E-state index >= 15 is 0 Å². The van der Waals surface area contributed by atoms with Crippen LogP contribution in [0.4, 0.5) is 5.69 Å². The number of aromatic nitrogens is 1. The van der Waals surface area contributed by atoms with Gasteiger partial charge in [-0.2, -0.15) is 5.26 Å². The van der Waals surface area contributed by atoms with E-state index in [0.29, 0.717) is 22.0 Å². The second-order valence-electron chi connectivity index (χ2n) is 8.28. The van der Waals surface area contributed by atoms with Gasteiger partial charge in [0.25, 0.3) is 0 Å². The van der Waals surface area contributed by atoms with Crippen LogP contribution < -0.4 is 10.9 Å². The number of carbonyl (C=O) groups is 2. The van der Waals surface area contributed by atoms with E-state index in [0.717, 1.165) is 16.2 Å². The maximum Gasteiger partial charge on any atom is 0.345 e. The van der Waals surface area contributed by atoms with Crippen LogP contribution in [-0.2, 0) is 9.47 Å². The number of esters is 2. The van der Waals surface area contributed by atoms with Gasteiger partial charge in [-0.1, -0.05) is 30.3 Å². The lowest BCUT2D eigenvalue weighted by Crippen LogP contribution is -2.07. The van der Waals surface area contributed by atoms with E-state index in [9.17, 15) is 19.6 Å². The molecule has 0 fully saturated rings. The highest BCUT2D eigenvalue weighted by Crippen LogP contribution is 2.30. The van der Waals surface area contributed by atoms with Gasteiger partial charge in [0, 0.05) is 22.7 Å². The average Bonchev–Trinajstić information content (AvgIpc) is 3.45. The van der Waals surface area contributed by atoms with Gasteiger partial charge in [-0.3, -0.25) is 0 Å². The number of hydrogen-bond donors (Lipinski definition) is 1. The van der Waals surface area contributed by atoms with E-state index < -0.39 is 17.6 Å². The third-order valence-corrected chi connectivity index (χ3v) is 6.81. The van der Waals surface area contributed by atoms with Crippen LogP contribution in [0.2, 0.25) is 0 Å². The molecule has 0 saturated heterocycles. The number of nitrogens with zero attached hydrogens (tertiary/aromatic N) is 2. The van der Waals surface area contributed by atoms with Crippen LogP contribution >= 0.6 is 11.3 Å². The fourth-order valence-electron chi connectivity index (χ4n) is 4.05. The number of nitriles is 1. The highest BCUT2D eigenvalue weighted by Gasteiger charge is 2.16. The van der Waals surface area contributed by atoms with Crippen LogP contribution in [0.1, 0.15) is 25.7 Å². The van der Waals surface area contributed by atoms with Gasteiger partial charge < -0.3 is 19.2 Å². The molecule has 39 heavy (non-hydrogen) atoms. The Balaban J connectivity index is 1.49. The summed E-state index contributed by atoms with van der Waals surface area (Å²) in [5.74, 6) is -1.28. The summed E-state index contributed by atoms with van der Waals surface area (Å²) in [6.45, 7) is 0. The summed E-state index contributed by atoms with van der Waals surface area (Å²) in [4.78, 5) is 41.4. The lowest BCUT2D eigenvalue weighted by Gasteiger charge is -2.08. The molecule has 5 aromatic rings. The zero-order chi connectivity index (χ0) is 27.5. The normalized spacial score (nSPS) is 11.3. The van der Waals surface area contributed by atoms with E-state index in [1.807, 2.05) is 30.3 Å². The number of anilines is 1. The molecular formula is C29H19N3O6S. The molecule has 10 heteroatoms. The fraction of sp³-hybridized carbons (Fsp3) is 0.0690. The van der Waals surface area contributed by atoms with Crippen molar-refractivity contribution < 1.29 is 23.5 Å². The summed E-state index contributed by atoms with van der Waals surface area (Å²) in [5.41, 5.74) is 1.37. The Hall–Kier alpha value is -5.27. The first-order chi connectivity index (χ1) is 18.9. The number of methoxy groups -OCH3 is 2. The van der Waals surface area contributed by atoms with E-state index in [2.05, 4.69) is 16.4 Å². The molecule has 2 heterocycles. The first kappa shape index (κ1) is 25.4. The summed E-state index contributed by atoms with van der Waals surface area (Å²) in [7, 11) is 2.46. The van der Waals surface area contributed by atoms with Crippen molar-refractivity contribution in [1.82, 2.24) is 4.98 Å². The molecule has 1 N–H and O–H groups in total. The molecule has 3 aromatic carbocycles. The Bertz CT molecular complexity index is 1860. The van der Waals surface area contributed by atoms with Crippen molar-refractivity contribution in [2.75, 3.05) is 19.5 Å². The molecule has 0 unspecified atom stereocenters. The van der Waals surface area contributed by atoms with Crippen LogP contribution in [0.15, 0.2) is 81.5 Å². The summed E-state index contributed by atoms with van der Waals surface area (Å²) in [5, 5.41) is 17.5. The zero-order valence-electron chi connectivity index (χ0n) is 20.7. The number of carbonyl (C=O) groups excluding carboxylic acids is 2. The minimum atomic E-state index is -0.639. The number of rotatable bonds is 6. The molecule has 0 radical (unpaired) electrons. The van der Waals surface area contributed by atoms with E-state index in [1.54, 1.807) is 17.5 Å². The van der Waals surface area contributed by atoms with Gasteiger partial charge in [0.15, 0.2) is 0 Å². The van der Waals surface area contributed by atoms with Gasteiger partial charge in [-0.05, 0) is 41.1 Å². The Kier molecular flexibility index (Phi) is 6.91. The summed E-state index contributed by atoms with van der Waals surface area (Å²) >= 11 is 1.18. The summed E-state index contributed by atoms with van der Waals surface area (Å²) in [6, 6.07) is 19.6. The smallest absolute Gasteiger partial charge is 0.345 e. The molecule has 0 aliphatic carbocycles. The molecule has 0 saturated carbocycles. The van der Waals surface area contributed by atoms with Crippen molar-refractivity contribution in [3.63, 3.8) is 0 Å². The predicted molar refractivity (Wildman–Crippen MR) is 147 cm³/mol. The highest BCUT2D eigenvalue weighted by molar-refractivity contribution is 7.11. The standard InChI is InChI=1S/C29H19N3O6S/c1-36-27(33)17-9-18(28(34)37-2)11-20(10-17)31-14-19(13-30)26-32-24(15-39-26)23-12-22-21-6-4-3-5-16(21)7-8-25(22)38-29(23)35/h3-12,14-15,31H,1-2H3/b19-14-. The van der Waals surface area contributed by atoms with Crippen molar-refractivity contribution >= 4 is 56.3 Å². The first-order valence-electron chi connectivity index (χ1n) is 11.5. The minimum absolute atomic E-state index is 0.127. The second kappa shape index (κ2) is 10.6. The Morgan fingerprint density at radius 2 is 1.72 bits per heavy atom. The van der Waals surface area contributed by atoms with Crippen LogP contribution in [0.5, 0.6) is 0 Å². The highest BCUT2D eigenvalue weighted by atomic mass is 32.1. The predicted octanol–water partition coefficient (Wildman–Crippen LogP) is 5.62. The van der Waals surface area contributed by atoms with Crippen LogP contribution in [0.25, 0.3) is 38.6 Å². The van der Waals surface area contributed by atoms with Gasteiger partial charge in [0.2, 0.25) is 0 Å². The Labute approximate surface area is 225 Å². The number of allylic oxidation sites excluding steroid dienone is 1. The van der Waals surface area contributed by atoms with Crippen molar-refractivity contribution in [3.8, 4) is 17.3 Å². The third-order valence-electron chi connectivity index (χ3n) is 5.93. The molecule has 0 amide bonds. The average molecular weight is 538 g/mol. The fourth-order valence-corrected chi connectivity index (χ4v) is 4.84. The van der Waals surface area contributed by atoms with Crippen molar-refractivity contribution in [2.24, 2.45) is 0 Å². The molecule has 2 aromatic heterocycles. The van der Waals surface area contributed by atoms with Gasteiger partial charge in [0.05, 0.1) is 36.6 Å². The Morgan fingerprint density at radius 1 is 1.00 bits per heavy atom. The molecule has 192 valence electrons. The maximum absolute atomic E-state index is 12.8. The lowest BCUT2D eigenvalue weighted by atomic mass is 10.0. The summed E-state index contributed by atoms with van der Waals surface area (Å²) in [6.07, 6.45) is 1.40. The van der Waals surface area contributed by atoms with E-state index in [4.69, 9.17) is 13.9 Å². The van der Waals surface area contributed by atoms with Crippen LogP contribution in [-0.4, -0.2) is 31.1 Å². The number of fused-ring (bicyclic) bond motifs is 3. The maximum atomic E-state index is 12.8. The van der Waals surface area contributed by atoms with E-state index in [-0.39, 0.29) is 22.3 Å². The number of nitrogens with one attached hydrogen (secondary N) is 1. The number of ether oxygens (including phenoxy) is 2. The minimum Gasteiger partial charge on any atom is -0.465 e. The van der Waals surface area contributed by atoms with E-state index in [1.165, 1.54) is 50.0 Å². The van der Waals surface area contributed by atoms with Crippen molar-refractivity contribution in [2.45, 2.75) is 0 Å². The van der Waals surface area contributed by atoms with Gasteiger partial charge in [-0.15, -0.1) is 11.3 Å². The molecular weight excluding hydrogens is 518 g/mol. The molecule has 5 rings (SSSR count). The zero-order valence-corrected chi connectivity index (χ0v) is 21.5. The van der Waals surface area contributed by atoms with Crippen LogP contribution in [0.3, 0.4) is 0 Å². The number of benzene rings is 3. The Morgan fingerprint density at radius 3 is 2.41 bits per heavy atom. The van der Waals surface area contributed by atoms with Crippen molar-refractivity contribution in [1.29, 1.82) is 5.26 Å². The molecule has 0 aliphatic rings. The summed E-state index contributed by atoms with van der Waals surface area (Å²) < 4.78 is 15.1. The second-order valence-corrected chi connectivity index (χ2v) is 9.14. The van der Waals surface area contributed by atoms with Gasteiger partial charge >= 0.3 is 17.6 Å². The number of hydrogen-bond acceptors (Lipinski definition) is 10. The SMILES string of the molecule is COC(=O)c1cc(N/C=C(/C#N)c2nc(-c3cc4c(ccc5ccccc54)oc3=O)cs2)cc(C(=O)OC)c1. The van der Waals surface area contributed by atoms with Crippen molar-refractivity contribution in [3.05, 3.63) is 98.8 Å². The largest absolute Gasteiger partial charge is 0.465 e. The molecule has 0 aliphatic heterocycles. The molecule has 0 spiro atoms. The van der Waals surface area contributed by atoms with Gasteiger partial charge in [-0.25, -0.2) is 19.4 Å². The number of thiazole rings is 1. The molecule has 0 atom stereocenters. The first-order valence-corrected chi connectivity index (χ1v) is 12.4. The molecule has 9 nitrogen and oxygen atoms in total.